The molecule has 0 aromatic heterocycles. The number of halogens is 1. The topological polar surface area (TPSA) is 26.3 Å². The van der Waals surface area contributed by atoms with Crippen molar-refractivity contribution in [2.24, 2.45) is 23.7 Å². The highest BCUT2D eigenvalue weighted by atomic mass is 79.9. The molecule has 0 amide bonds. The highest BCUT2D eigenvalue weighted by Crippen LogP contribution is 2.53. The molecule has 102 valence electrons. The Labute approximate surface area is 126 Å². The normalized spacial score (nSPS) is 36.4. The van der Waals surface area contributed by atoms with Crippen molar-refractivity contribution in [3.8, 4) is 0 Å². The lowest BCUT2D eigenvalue weighted by atomic mass is 9.84. The predicted octanol–water partition coefficient (Wildman–Crippen LogP) is 3.98. The van der Waals surface area contributed by atoms with Gasteiger partial charge in [0.2, 0.25) is 0 Å². The first-order valence-electron chi connectivity index (χ1n) is 7.05. The van der Waals surface area contributed by atoms with Gasteiger partial charge >= 0.3 is 5.97 Å². The molecule has 0 N–H and O–H groups in total. The molecule has 5 unspecified atom stereocenters. The zero-order chi connectivity index (χ0) is 13.7. The number of esters is 1. The van der Waals surface area contributed by atoms with Crippen molar-refractivity contribution >= 4 is 21.9 Å². The molecule has 1 aromatic carbocycles. The molecule has 3 aliphatic carbocycles. The Morgan fingerprint density at radius 2 is 1.80 bits per heavy atom. The zero-order valence-electron chi connectivity index (χ0n) is 10.9. The van der Waals surface area contributed by atoms with Crippen LogP contribution in [-0.4, -0.2) is 12.1 Å². The van der Waals surface area contributed by atoms with Crippen LogP contribution in [0.5, 0.6) is 0 Å². The Morgan fingerprint density at radius 1 is 1.05 bits per heavy atom. The maximum Gasteiger partial charge on any atom is 0.338 e. The van der Waals surface area contributed by atoms with Crippen LogP contribution >= 0.6 is 15.9 Å². The van der Waals surface area contributed by atoms with E-state index in [0.29, 0.717) is 29.2 Å². The number of fused-ring (bicyclic) bond motifs is 5. The van der Waals surface area contributed by atoms with Crippen LogP contribution in [0.3, 0.4) is 0 Å². The summed E-state index contributed by atoms with van der Waals surface area (Å²) < 4.78 is 6.69. The average molecular weight is 331 g/mol. The van der Waals surface area contributed by atoms with Gasteiger partial charge in [0.1, 0.15) is 6.10 Å². The summed E-state index contributed by atoms with van der Waals surface area (Å²) in [5.41, 5.74) is 0.615. The summed E-state index contributed by atoms with van der Waals surface area (Å²) in [7, 11) is 0. The van der Waals surface area contributed by atoms with Crippen LogP contribution in [0.1, 0.15) is 16.8 Å². The van der Waals surface area contributed by atoms with Gasteiger partial charge in [-0.3, -0.25) is 0 Å². The number of hydrogen-bond acceptors (Lipinski definition) is 2. The van der Waals surface area contributed by atoms with Crippen molar-refractivity contribution < 1.29 is 9.53 Å². The first kappa shape index (κ1) is 12.4. The Balaban J connectivity index is 1.50. The fourth-order valence-electron chi connectivity index (χ4n) is 3.89. The molecule has 1 aromatic rings. The predicted molar refractivity (Wildman–Crippen MR) is 80.2 cm³/mol. The third kappa shape index (κ3) is 1.87. The van der Waals surface area contributed by atoms with E-state index in [1.807, 2.05) is 12.1 Å². The van der Waals surface area contributed by atoms with E-state index in [2.05, 4.69) is 40.2 Å². The fourth-order valence-corrected chi connectivity index (χ4v) is 4.16. The molecule has 3 heteroatoms. The van der Waals surface area contributed by atoms with Gasteiger partial charge in [-0.05, 0) is 54.5 Å². The SMILES string of the molecule is O=C(OC1C=CC2C3C=CC(C3)C12)c1ccc(Br)cc1. The summed E-state index contributed by atoms with van der Waals surface area (Å²) in [6.45, 7) is 0. The summed E-state index contributed by atoms with van der Waals surface area (Å²) in [6, 6.07) is 7.32. The van der Waals surface area contributed by atoms with Gasteiger partial charge in [-0.1, -0.05) is 34.2 Å². The number of allylic oxidation sites excluding steroid dienone is 3. The van der Waals surface area contributed by atoms with E-state index in [4.69, 9.17) is 4.74 Å². The van der Waals surface area contributed by atoms with Gasteiger partial charge in [0, 0.05) is 10.4 Å². The molecule has 0 saturated heterocycles. The van der Waals surface area contributed by atoms with Gasteiger partial charge in [-0.15, -0.1) is 0 Å². The molecule has 1 fully saturated rings. The maximum atomic E-state index is 12.2. The van der Waals surface area contributed by atoms with Gasteiger partial charge in [0.25, 0.3) is 0 Å². The molecule has 0 heterocycles. The molecule has 2 nitrogen and oxygen atoms in total. The van der Waals surface area contributed by atoms with Crippen LogP contribution < -0.4 is 0 Å². The Kier molecular flexibility index (Phi) is 2.84. The minimum atomic E-state index is -0.223. The van der Waals surface area contributed by atoms with Gasteiger partial charge in [0.05, 0.1) is 5.56 Å². The van der Waals surface area contributed by atoms with E-state index in [-0.39, 0.29) is 12.1 Å². The number of carbonyl (C=O) groups excluding carboxylic acids is 1. The number of ether oxygens (including phenoxy) is 1. The standard InChI is InChI=1S/C17H15BrO2/c18-13-5-3-10(4-6-13)17(19)20-15-8-7-14-11-1-2-12(9-11)16(14)15/h1-8,11-12,14-16H,9H2. The quantitative estimate of drug-likeness (QED) is 0.605. The lowest BCUT2D eigenvalue weighted by Crippen LogP contribution is -2.28. The summed E-state index contributed by atoms with van der Waals surface area (Å²) in [5.74, 6) is 2.07. The van der Waals surface area contributed by atoms with E-state index in [1.165, 1.54) is 6.42 Å². The molecular weight excluding hydrogens is 316 g/mol. The number of carbonyl (C=O) groups is 1. The number of hydrogen-bond donors (Lipinski definition) is 0. The third-order valence-electron chi connectivity index (χ3n) is 4.81. The molecule has 20 heavy (non-hydrogen) atoms. The molecule has 0 aliphatic heterocycles. The second-order valence-corrected chi connectivity index (χ2v) is 6.78. The van der Waals surface area contributed by atoms with Crippen molar-refractivity contribution in [1.29, 1.82) is 0 Å². The second kappa shape index (κ2) is 4.59. The minimum Gasteiger partial charge on any atom is -0.454 e. The minimum absolute atomic E-state index is 0.0592. The monoisotopic (exact) mass is 330 g/mol. The Hall–Kier alpha value is -1.35. The van der Waals surface area contributed by atoms with Crippen LogP contribution in [0.15, 0.2) is 53.0 Å². The van der Waals surface area contributed by atoms with Crippen LogP contribution in [-0.2, 0) is 4.74 Å². The fraction of sp³-hybridized carbons (Fsp3) is 0.353. The summed E-state index contributed by atoms with van der Waals surface area (Å²) in [5, 5.41) is 0. The second-order valence-electron chi connectivity index (χ2n) is 5.86. The van der Waals surface area contributed by atoms with Crippen molar-refractivity contribution in [1.82, 2.24) is 0 Å². The lowest BCUT2D eigenvalue weighted by molar-refractivity contribution is 0.0240. The van der Waals surface area contributed by atoms with Gasteiger partial charge in [-0.25, -0.2) is 4.79 Å². The molecule has 5 atom stereocenters. The smallest absolute Gasteiger partial charge is 0.338 e. The third-order valence-corrected chi connectivity index (χ3v) is 5.34. The van der Waals surface area contributed by atoms with Crippen molar-refractivity contribution in [2.45, 2.75) is 12.5 Å². The molecule has 0 radical (unpaired) electrons. The van der Waals surface area contributed by atoms with E-state index >= 15 is 0 Å². The molecule has 1 saturated carbocycles. The highest BCUT2D eigenvalue weighted by molar-refractivity contribution is 9.10. The summed E-state index contributed by atoms with van der Waals surface area (Å²) in [4.78, 5) is 12.2. The Bertz CT molecular complexity index is 602. The van der Waals surface area contributed by atoms with E-state index in [1.54, 1.807) is 12.1 Å². The van der Waals surface area contributed by atoms with Crippen LogP contribution in [0.25, 0.3) is 0 Å². The van der Waals surface area contributed by atoms with E-state index in [0.717, 1.165) is 4.47 Å². The van der Waals surface area contributed by atoms with Crippen LogP contribution in [0.4, 0.5) is 0 Å². The number of benzene rings is 1. The number of rotatable bonds is 2. The van der Waals surface area contributed by atoms with E-state index < -0.39 is 0 Å². The highest BCUT2D eigenvalue weighted by Gasteiger charge is 2.50. The van der Waals surface area contributed by atoms with Gasteiger partial charge in [-0.2, -0.15) is 0 Å². The van der Waals surface area contributed by atoms with Crippen molar-refractivity contribution in [2.75, 3.05) is 0 Å². The van der Waals surface area contributed by atoms with Crippen LogP contribution in [0, 0.1) is 23.7 Å². The lowest BCUT2D eigenvalue weighted by Gasteiger charge is -2.26. The molecule has 2 bridgehead atoms. The van der Waals surface area contributed by atoms with Gasteiger partial charge in [0.15, 0.2) is 0 Å². The Morgan fingerprint density at radius 3 is 2.60 bits per heavy atom. The molecular formula is C17H15BrO2. The van der Waals surface area contributed by atoms with Crippen LogP contribution in [0.2, 0.25) is 0 Å². The van der Waals surface area contributed by atoms with Crippen molar-refractivity contribution in [3.05, 3.63) is 58.6 Å². The van der Waals surface area contributed by atoms with E-state index in [9.17, 15) is 4.79 Å². The zero-order valence-corrected chi connectivity index (χ0v) is 12.5. The van der Waals surface area contributed by atoms with Gasteiger partial charge < -0.3 is 4.74 Å². The maximum absolute atomic E-state index is 12.2. The molecule has 3 aliphatic rings. The average Bonchev–Trinajstić information content (AvgIpc) is 3.13. The van der Waals surface area contributed by atoms with Crippen molar-refractivity contribution in [3.63, 3.8) is 0 Å². The molecule has 0 spiro atoms. The summed E-state index contributed by atoms with van der Waals surface area (Å²) >= 11 is 3.37. The first-order chi connectivity index (χ1) is 9.72. The first-order valence-corrected chi connectivity index (χ1v) is 7.85. The molecule has 4 rings (SSSR count). The summed E-state index contributed by atoms with van der Waals surface area (Å²) in [6.07, 6.45) is 10.1. The largest absolute Gasteiger partial charge is 0.454 e.